The van der Waals surface area contributed by atoms with Gasteiger partial charge in [-0.1, -0.05) is 0 Å². The zero-order chi connectivity index (χ0) is 15.5. The molecule has 1 aliphatic carbocycles. The van der Waals surface area contributed by atoms with Crippen molar-refractivity contribution < 1.29 is 13.2 Å². The monoisotopic (exact) mass is 314 g/mol. The van der Waals surface area contributed by atoms with E-state index >= 15 is 0 Å². The Morgan fingerprint density at radius 3 is 2.81 bits per heavy atom. The van der Waals surface area contributed by atoms with Crippen LogP contribution in [0, 0.1) is 0 Å². The first-order valence-corrected chi connectivity index (χ1v) is 8.93. The molecular formula is C13H22N4O3S. The lowest BCUT2D eigenvalue weighted by molar-refractivity contribution is -0.121. The van der Waals surface area contributed by atoms with E-state index in [0.29, 0.717) is 12.6 Å². The van der Waals surface area contributed by atoms with Crippen LogP contribution >= 0.6 is 0 Å². The Bertz CT molecular complexity index is 592. The minimum Gasteiger partial charge on any atom is -0.350 e. The van der Waals surface area contributed by atoms with E-state index in [1.54, 1.807) is 6.20 Å². The van der Waals surface area contributed by atoms with Crippen molar-refractivity contribution in [3.63, 3.8) is 0 Å². The highest BCUT2D eigenvalue weighted by Gasteiger charge is 2.22. The second-order valence-corrected chi connectivity index (χ2v) is 7.55. The van der Waals surface area contributed by atoms with Gasteiger partial charge in [0.25, 0.3) is 0 Å². The molecule has 118 valence electrons. The molecule has 0 bridgehead atoms. The molecule has 7 nitrogen and oxygen atoms in total. The van der Waals surface area contributed by atoms with Gasteiger partial charge in [-0.2, -0.15) is 5.10 Å². The van der Waals surface area contributed by atoms with Crippen molar-refractivity contribution in [3.8, 4) is 0 Å². The summed E-state index contributed by atoms with van der Waals surface area (Å²) in [7, 11) is -1.76. The van der Waals surface area contributed by atoms with E-state index in [-0.39, 0.29) is 18.9 Å². The number of carbonyl (C=O) groups is 1. The van der Waals surface area contributed by atoms with Gasteiger partial charge in [0.05, 0.1) is 24.5 Å². The number of amides is 1. The maximum atomic E-state index is 11.8. The van der Waals surface area contributed by atoms with Crippen LogP contribution in [0.25, 0.3) is 0 Å². The minimum absolute atomic E-state index is 0.154. The Labute approximate surface area is 125 Å². The largest absolute Gasteiger partial charge is 0.350 e. The summed E-state index contributed by atoms with van der Waals surface area (Å²) >= 11 is 0. The van der Waals surface area contributed by atoms with Gasteiger partial charge in [-0.3, -0.25) is 9.48 Å². The molecule has 1 amide bonds. The standard InChI is InChI=1S/C13H22N4O3S/c1-16(21(2,19)20)9-7-13(18)14-10-12-6-8-15-17(12)11-4-3-5-11/h6,8,11H,3-5,7,9-10H2,1-2H3,(H,14,18). The summed E-state index contributed by atoms with van der Waals surface area (Å²) < 4.78 is 25.6. The topological polar surface area (TPSA) is 84.3 Å². The first kappa shape index (κ1) is 16.0. The zero-order valence-corrected chi connectivity index (χ0v) is 13.3. The average molecular weight is 314 g/mol. The lowest BCUT2D eigenvalue weighted by atomic mass is 9.93. The van der Waals surface area contributed by atoms with Crippen molar-refractivity contribution in [3.05, 3.63) is 18.0 Å². The maximum absolute atomic E-state index is 11.8. The van der Waals surface area contributed by atoms with E-state index in [0.717, 1.165) is 24.8 Å². The number of rotatable bonds is 7. The molecule has 0 aromatic carbocycles. The Morgan fingerprint density at radius 2 is 2.24 bits per heavy atom. The van der Waals surface area contributed by atoms with E-state index in [4.69, 9.17) is 0 Å². The highest BCUT2D eigenvalue weighted by molar-refractivity contribution is 7.88. The number of hydrogen-bond acceptors (Lipinski definition) is 4. The third-order valence-corrected chi connectivity index (χ3v) is 5.17. The molecule has 1 aromatic rings. The van der Waals surface area contributed by atoms with Crippen LogP contribution in [0.4, 0.5) is 0 Å². The van der Waals surface area contributed by atoms with Crippen LogP contribution in [0.15, 0.2) is 12.3 Å². The van der Waals surface area contributed by atoms with E-state index in [2.05, 4.69) is 10.4 Å². The maximum Gasteiger partial charge on any atom is 0.221 e. The quantitative estimate of drug-likeness (QED) is 0.794. The van der Waals surface area contributed by atoms with E-state index in [1.807, 2.05) is 10.7 Å². The average Bonchev–Trinajstić information content (AvgIpc) is 2.78. The van der Waals surface area contributed by atoms with Crippen molar-refractivity contribution in [2.45, 2.75) is 38.3 Å². The van der Waals surface area contributed by atoms with Gasteiger partial charge < -0.3 is 5.32 Å². The first-order chi connectivity index (χ1) is 9.88. The van der Waals surface area contributed by atoms with Crippen molar-refractivity contribution in [2.24, 2.45) is 0 Å². The summed E-state index contributed by atoms with van der Waals surface area (Å²) in [6.45, 7) is 0.616. The number of aromatic nitrogens is 2. The van der Waals surface area contributed by atoms with Gasteiger partial charge in [0.15, 0.2) is 0 Å². The first-order valence-electron chi connectivity index (χ1n) is 7.08. The normalized spacial score (nSPS) is 16.0. The summed E-state index contributed by atoms with van der Waals surface area (Å²) in [5, 5.41) is 7.11. The summed E-state index contributed by atoms with van der Waals surface area (Å²) in [6.07, 6.45) is 6.54. The number of nitrogens with one attached hydrogen (secondary N) is 1. The highest BCUT2D eigenvalue weighted by Crippen LogP contribution is 2.31. The molecule has 8 heteroatoms. The number of carbonyl (C=O) groups excluding carboxylic acids is 1. The van der Waals surface area contributed by atoms with Crippen molar-refractivity contribution in [2.75, 3.05) is 19.8 Å². The van der Waals surface area contributed by atoms with Crippen LogP contribution in [0.1, 0.15) is 37.4 Å². The molecule has 0 spiro atoms. The molecule has 0 unspecified atom stereocenters. The molecule has 1 aromatic heterocycles. The molecule has 1 saturated carbocycles. The lowest BCUT2D eigenvalue weighted by Crippen LogP contribution is -2.32. The Hall–Kier alpha value is -1.41. The fourth-order valence-corrected chi connectivity index (χ4v) is 2.57. The summed E-state index contributed by atoms with van der Waals surface area (Å²) in [5.41, 5.74) is 0.990. The predicted molar refractivity (Wildman–Crippen MR) is 79.1 cm³/mol. The molecule has 0 radical (unpaired) electrons. The Balaban J connectivity index is 1.78. The van der Waals surface area contributed by atoms with Gasteiger partial charge in [-0.25, -0.2) is 12.7 Å². The van der Waals surface area contributed by atoms with E-state index < -0.39 is 10.0 Å². The van der Waals surface area contributed by atoms with Crippen molar-refractivity contribution in [1.29, 1.82) is 0 Å². The second-order valence-electron chi connectivity index (χ2n) is 5.46. The summed E-state index contributed by atoms with van der Waals surface area (Å²) in [5.74, 6) is -0.160. The molecule has 0 atom stereocenters. The summed E-state index contributed by atoms with van der Waals surface area (Å²) in [6, 6.07) is 2.37. The molecule has 0 saturated heterocycles. The molecular weight excluding hydrogens is 292 g/mol. The van der Waals surface area contributed by atoms with Crippen LogP contribution in [0.2, 0.25) is 0 Å². The fourth-order valence-electron chi connectivity index (χ4n) is 2.14. The number of sulfonamides is 1. The fraction of sp³-hybridized carbons (Fsp3) is 0.692. The van der Waals surface area contributed by atoms with Gasteiger partial charge in [0, 0.05) is 26.2 Å². The number of hydrogen-bond donors (Lipinski definition) is 1. The third-order valence-electron chi connectivity index (χ3n) is 3.86. The van der Waals surface area contributed by atoms with Crippen LogP contribution < -0.4 is 5.32 Å². The van der Waals surface area contributed by atoms with E-state index in [1.165, 1.54) is 17.8 Å². The molecule has 2 rings (SSSR count). The number of nitrogens with zero attached hydrogens (tertiary/aromatic N) is 3. The van der Waals surface area contributed by atoms with E-state index in [9.17, 15) is 13.2 Å². The van der Waals surface area contributed by atoms with Crippen LogP contribution in [-0.2, 0) is 21.4 Å². The molecule has 21 heavy (non-hydrogen) atoms. The van der Waals surface area contributed by atoms with Gasteiger partial charge in [-0.15, -0.1) is 0 Å². The Morgan fingerprint density at radius 1 is 1.52 bits per heavy atom. The molecule has 1 N–H and O–H groups in total. The summed E-state index contributed by atoms with van der Waals surface area (Å²) in [4.78, 5) is 11.8. The highest BCUT2D eigenvalue weighted by atomic mass is 32.2. The SMILES string of the molecule is CN(CCC(=O)NCc1ccnn1C1CCC1)S(C)(=O)=O. The molecule has 0 aliphatic heterocycles. The zero-order valence-electron chi connectivity index (χ0n) is 12.4. The second kappa shape index (κ2) is 6.57. The van der Waals surface area contributed by atoms with Crippen LogP contribution in [0.3, 0.4) is 0 Å². The van der Waals surface area contributed by atoms with Gasteiger partial charge >= 0.3 is 0 Å². The smallest absolute Gasteiger partial charge is 0.221 e. The van der Waals surface area contributed by atoms with Gasteiger partial charge in [-0.05, 0) is 25.3 Å². The predicted octanol–water partition coefficient (Wildman–Crippen LogP) is 0.506. The van der Waals surface area contributed by atoms with Gasteiger partial charge in [0.2, 0.25) is 15.9 Å². The van der Waals surface area contributed by atoms with Crippen molar-refractivity contribution in [1.82, 2.24) is 19.4 Å². The molecule has 1 heterocycles. The van der Waals surface area contributed by atoms with Crippen LogP contribution in [-0.4, -0.2) is 48.3 Å². The Kier molecular flexibility index (Phi) is 5.00. The molecule has 1 aliphatic rings. The minimum atomic E-state index is -3.23. The molecule has 1 fully saturated rings. The van der Waals surface area contributed by atoms with Crippen LogP contribution in [0.5, 0.6) is 0 Å². The lowest BCUT2D eigenvalue weighted by Gasteiger charge is -2.27. The van der Waals surface area contributed by atoms with Crippen molar-refractivity contribution >= 4 is 15.9 Å². The third kappa shape index (κ3) is 4.28. The van der Waals surface area contributed by atoms with Gasteiger partial charge in [0.1, 0.15) is 0 Å².